The van der Waals surface area contributed by atoms with Gasteiger partial charge in [-0.3, -0.25) is 19.3 Å². The van der Waals surface area contributed by atoms with Gasteiger partial charge in [0.25, 0.3) is 11.8 Å². The lowest BCUT2D eigenvalue weighted by atomic mass is 9.97. The number of benzene rings is 1. The van der Waals surface area contributed by atoms with E-state index in [2.05, 4.69) is 16.0 Å². The Bertz CT molecular complexity index is 1020. The molecule has 0 atom stereocenters. The number of ether oxygens (including phenoxy) is 1. The van der Waals surface area contributed by atoms with Crippen LogP contribution in [0.25, 0.3) is 0 Å². The number of piperidine rings is 1. The first-order valence-corrected chi connectivity index (χ1v) is 10.8. The number of anilines is 1. The van der Waals surface area contributed by atoms with Crippen LogP contribution in [0.2, 0.25) is 0 Å². The molecule has 2 aromatic rings. The summed E-state index contributed by atoms with van der Waals surface area (Å²) in [7, 11) is 0. The molecule has 2 aliphatic heterocycles. The highest BCUT2D eigenvalue weighted by Crippen LogP contribution is 2.24. The van der Waals surface area contributed by atoms with E-state index >= 15 is 0 Å². The molecule has 8 heteroatoms. The van der Waals surface area contributed by atoms with Crippen LogP contribution in [0.3, 0.4) is 0 Å². The standard InChI is InChI=1S/C24H24N4O4/c25-15-17-7-8-21(26-16-17)27-12-9-18(10-13-27)24(31)32-14-4-3-11-28-22(29)19-5-1-2-6-20(19)23(28)30/h1-2,5-8,16,18H,3-4,9-14H2. The number of esters is 1. The molecule has 2 aliphatic rings. The van der Waals surface area contributed by atoms with E-state index in [4.69, 9.17) is 10.00 Å². The summed E-state index contributed by atoms with van der Waals surface area (Å²) in [4.78, 5) is 44.7. The highest BCUT2D eigenvalue weighted by Gasteiger charge is 2.34. The fourth-order valence-corrected chi connectivity index (χ4v) is 4.09. The Morgan fingerprint density at radius 1 is 1.06 bits per heavy atom. The van der Waals surface area contributed by atoms with Crippen molar-refractivity contribution in [1.82, 2.24) is 9.88 Å². The van der Waals surface area contributed by atoms with E-state index in [-0.39, 0.29) is 30.3 Å². The molecular formula is C24H24N4O4. The Hall–Kier alpha value is -3.73. The molecule has 0 aliphatic carbocycles. The highest BCUT2D eigenvalue weighted by atomic mass is 16.5. The van der Waals surface area contributed by atoms with E-state index in [1.807, 2.05) is 6.07 Å². The molecule has 0 N–H and O–H groups in total. The predicted octanol–water partition coefficient (Wildman–Crippen LogP) is 2.79. The summed E-state index contributed by atoms with van der Waals surface area (Å²) in [5.74, 6) is -0.0415. The minimum absolute atomic E-state index is 0.138. The largest absolute Gasteiger partial charge is 0.465 e. The number of hydrogen-bond donors (Lipinski definition) is 0. The van der Waals surface area contributed by atoms with Crippen LogP contribution in [0, 0.1) is 17.2 Å². The van der Waals surface area contributed by atoms with E-state index in [9.17, 15) is 14.4 Å². The number of amides is 2. The quantitative estimate of drug-likeness (QED) is 0.376. The minimum Gasteiger partial charge on any atom is -0.465 e. The number of aromatic nitrogens is 1. The normalized spacial score (nSPS) is 16.1. The number of imide groups is 1. The van der Waals surface area contributed by atoms with Crippen LogP contribution >= 0.6 is 0 Å². The molecule has 164 valence electrons. The first-order chi connectivity index (χ1) is 15.6. The summed E-state index contributed by atoms with van der Waals surface area (Å²) in [6.07, 6.45) is 4.11. The fourth-order valence-electron chi connectivity index (χ4n) is 4.09. The van der Waals surface area contributed by atoms with Gasteiger partial charge in [0.15, 0.2) is 0 Å². The lowest BCUT2D eigenvalue weighted by molar-refractivity contribution is -0.149. The third-order valence-electron chi connectivity index (χ3n) is 5.93. The van der Waals surface area contributed by atoms with Crippen LogP contribution in [0.4, 0.5) is 5.82 Å². The van der Waals surface area contributed by atoms with Crippen LogP contribution in [0.5, 0.6) is 0 Å². The molecule has 1 fully saturated rings. The zero-order valence-corrected chi connectivity index (χ0v) is 17.7. The van der Waals surface area contributed by atoms with Gasteiger partial charge in [-0.15, -0.1) is 0 Å². The molecule has 8 nitrogen and oxygen atoms in total. The summed E-state index contributed by atoms with van der Waals surface area (Å²) in [5, 5.41) is 8.87. The maximum absolute atomic E-state index is 12.4. The first kappa shape index (κ1) is 21.5. The molecule has 1 saturated heterocycles. The topological polar surface area (TPSA) is 104 Å². The zero-order valence-electron chi connectivity index (χ0n) is 17.7. The Morgan fingerprint density at radius 2 is 1.75 bits per heavy atom. The average molecular weight is 432 g/mol. The number of nitriles is 1. The summed E-state index contributed by atoms with van der Waals surface area (Å²) < 4.78 is 5.44. The summed E-state index contributed by atoms with van der Waals surface area (Å²) in [5.41, 5.74) is 1.42. The number of hydrogen-bond acceptors (Lipinski definition) is 7. The summed E-state index contributed by atoms with van der Waals surface area (Å²) in [6, 6.07) is 12.4. The molecule has 1 aromatic heterocycles. The van der Waals surface area contributed by atoms with Gasteiger partial charge in [-0.1, -0.05) is 12.1 Å². The SMILES string of the molecule is N#Cc1ccc(N2CCC(C(=O)OCCCCN3C(=O)c4ccccc4C3=O)CC2)nc1. The molecular weight excluding hydrogens is 408 g/mol. The van der Waals surface area contributed by atoms with E-state index in [1.54, 1.807) is 36.5 Å². The summed E-state index contributed by atoms with van der Waals surface area (Å²) in [6.45, 7) is 2.01. The number of fused-ring (bicyclic) bond motifs is 1. The molecule has 32 heavy (non-hydrogen) atoms. The predicted molar refractivity (Wildman–Crippen MR) is 116 cm³/mol. The number of rotatable bonds is 7. The smallest absolute Gasteiger partial charge is 0.309 e. The molecule has 2 amide bonds. The average Bonchev–Trinajstić information content (AvgIpc) is 3.09. The van der Waals surface area contributed by atoms with E-state index < -0.39 is 0 Å². The van der Waals surface area contributed by atoms with Crippen molar-refractivity contribution in [1.29, 1.82) is 5.26 Å². The van der Waals surface area contributed by atoms with Crippen molar-refractivity contribution in [3.8, 4) is 6.07 Å². The van der Waals surface area contributed by atoms with Crippen LogP contribution in [-0.2, 0) is 9.53 Å². The first-order valence-electron chi connectivity index (χ1n) is 10.8. The lowest BCUT2D eigenvalue weighted by Crippen LogP contribution is -2.37. The Balaban J connectivity index is 1.15. The fraction of sp³-hybridized carbons (Fsp3) is 0.375. The van der Waals surface area contributed by atoms with Gasteiger partial charge >= 0.3 is 5.97 Å². The number of pyridine rings is 1. The van der Waals surface area contributed by atoms with Crippen molar-refractivity contribution >= 4 is 23.6 Å². The Kier molecular flexibility index (Phi) is 6.45. The second kappa shape index (κ2) is 9.60. The van der Waals surface area contributed by atoms with Gasteiger partial charge in [0.1, 0.15) is 11.9 Å². The van der Waals surface area contributed by atoms with Gasteiger partial charge in [0, 0.05) is 25.8 Å². The lowest BCUT2D eigenvalue weighted by Gasteiger charge is -2.31. The van der Waals surface area contributed by atoms with Gasteiger partial charge in [-0.05, 0) is 49.9 Å². The van der Waals surface area contributed by atoms with Gasteiger partial charge in [0.05, 0.1) is 29.2 Å². The zero-order chi connectivity index (χ0) is 22.5. The third kappa shape index (κ3) is 4.47. The van der Waals surface area contributed by atoms with Crippen molar-refractivity contribution < 1.29 is 19.1 Å². The molecule has 3 heterocycles. The van der Waals surface area contributed by atoms with Crippen LogP contribution in [0.1, 0.15) is 52.0 Å². The maximum atomic E-state index is 12.4. The minimum atomic E-state index is -0.258. The van der Waals surface area contributed by atoms with Gasteiger partial charge in [0.2, 0.25) is 0 Å². The number of nitrogens with zero attached hydrogens (tertiary/aromatic N) is 4. The molecule has 0 radical (unpaired) electrons. The van der Waals surface area contributed by atoms with Crippen LogP contribution in [0.15, 0.2) is 42.6 Å². The van der Waals surface area contributed by atoms with Crippen LogP contribution in [-0.4, -0.2) is 53.9 Å². The van der Waals surface area contributed by atoms with E-state index in [0.717, 1.165) is 5.82 Å². The number of carbonyl (C=O) groups is 3. The van der Waals surface area contributed by atoms with Crippen molar-refractivity contribution in [2.45, 2.75) is 25.7 Å². The molecule has 1 aromatic carbocycles. The monoisotopic (exact) mass is 432 g/mol. The number of unbranched alkanes of at least 4 members (excludes halogenated alkanes) is 1. The molecule has 0 bridgehead atoms. The Labute approximate surface area is 186 Å². The molecule has 0 spiro atoms. The molecule has 4 rings (SSSR count). The van der Waals surface area contributed by atoms with Crippen molar-refractivity contribution in [3.05, 3.63) is 59.3 Å². The van der Waals surface area contributed by atoms with Crippen molar-refractivity contribution in [2.24, 2.45) is 5.92 Å². The highest BCUT2D eigenvalue weighted by molar-refractivity contribution is 6.21. The van der Waals surface area contributed by atoms with E-state index in [0.29, 0.717) is 62.0 Å². The second-order valence-corrected chi connectivity index (χ2v) is 7.96. The summed E-state index contributed by atoms with van der Waals surface area (Å²) >= 11 is 0. The number of carbonyl (C=O) groups excluding carboxylic acids is 3. The maximum Gasteiger partial charge on any atom is 0.309 e. The molecule has 0 saturated carbocycles. The van der Waals surface area contributed by atoms with Gasteiger partial charge in [-0.2, -0.15) is 5.26 Å². The second-order valence-electron chi connectivity index (χ2n) is 7.96. The third-order valence-corrected chi connectivity index (χ3v) is 5.93. The van der Waals surface area contributed by atoms with Crippen molar-refractivity contribution in [3.63, 3.8) is 0 Å². The van der Waals surface area contributed by atoms with Gasteiger partial charge < -0.3 is 9.64 Å². The molecule has 0 unspecified atom stereocenters. The van der Waals surface area contributed by atoms with E-state index in [1.165, 1.54) is 4.90 Å². The van der Waals surface area contributed by atoms with Crippen molar-refractivity contribution in [2.75, 3.05) is 31.1 Å². The van der Waals surface area contributed by atoms with Crippen LogP contribution < -0.4 is 4.90 Å². The Morgan fingerprint density at radius 3 is 2.34 bits per heavy atom. The van der Waals surface area contributed by atoms with Gasteiger partial charge in [-0.25, -0.2) is 4.98 Å².